The Morgan fingerprint density at radius 1 is 0.905 bits per heavy atom. The number of hydrogen-bond acceptors (Lipinski definition) is 1. The largest absolute Gasteiger partial charge is 0.344 e. The van der Waals surface area contributed by atoms with Gasteiger partial charge in [0.05, 0.1) is 0 Å². The highest BCUT2D eigenvalue weighted by molar-refractivity contribution is 5.88. The second-order valence-electron chi connectivity index (χ2n) is 6.11. The summed E-state index contributed by atoms with van der Waals surface area (Å²) in [4.78, 5) is 2.31. The SMILES string of the molecule is CCc1ccc2c(c1)N(C)c1ccc(C(C)C)cc1C=C2. The van der Waals surface area contributed by atoms with Crippen molar-refractivity contribution in [2.75, 3.05) is 11.9 Å². The highest BCUT2D eigenvalue weighted by Crippen LogP contribution is 2.36. The lowest BCUT2D eigenvalue weighted by atomic mass is 9.99. The van der Waals surface area contributed by atoms with Gasteiger partial charge in [-0.2, -0.15) is 0 Å². The molecule has 1 aliphatic rings. The van der Waals surface area contributed by atoms with Gasteiger partial charge in [0.25, 0.3) is 0 Å². The Balaban J connectivity index is 2.13. The number of aryl methyl sites for hydroxylation is 1. The van der Waals surface area contributed by atoms with Crippen LogP contribution in [0.4, 0.5) is 11.4 Å². The Labute approximate surface area is 127 Å². The van der Waals surface area contributed by atoms with Crippen LogP contribution in [0.25, 0.3) is 12.2 Å². The lowest BCUT2D eigenvalue weighted by Crippen LogP contribution is -2.11. The van der Waals surface area contributed by atoms with Crippen molar-refractivity contribution in [3.8, 4) is 0 Å². The van der Waals surface area contributed by atoms with Crippen LogP contribution in [-0.2, 0) is 6.42 Å². The van der Waals surface area contributed by atoms with E-state index in [0.29, 0.717) is 5.92 Å². The molecule has 21 heavy (non-hydrogen) atoms. The Kier molecular flexibility index (Phi) is 3.59. The summed E-state index contributed by atoms with van der Waals surface area (Å²) in [5, 5.41) is 0. The molecule has 2 aromatic carbocycles. The van der Waals surface area contributed by atoms with Gasteiger partial charge in [-0.1, -0.05) is 51.1 Å². The van der Waals surface area contributed by atoms with E-state index in [1.54, 1.807) is 0 Å². The molecule has 1 aliphatic heterocycles. The summed E-state index contributed by atoms with van der Waals surface area (Å²) in [5.74, 6) is 0.561. The molecule has 0 saturated carbocycles. The molecule has 1 heteroatoms. The number of hydrogen-bond donors (Lipinski definition) is 0. The highest BCUT2D eigenvalue weighted by Gasteiger charge is 2.15. The molecule has 1 nitrogen and oxygen atoms in total. The molecule has 3 rings (SSSR count). The van der Waals surface area contributed by atoms with Crippen molar-refractivity contribution in [3.63, 3.8) is 0 Å². The summed E-state index contributed by atoms with van der Waals surface area (Å²) < 4.78 is 0. The van der Waals surface area contributed by atoms with Gasteiger partial charge in [0.2, 0.25) is 0 Å². The third kappa shape index (κ3) is 2.49. The van der Waals surface area contributed by atoms with Crippen molar-refractivity contribution >= 4 is 23.5 Å². The second-order valence-corrected chi connectivity index (χ2v) is 6.11. The van der Waals surface area contributed by atoms with Crippen LogP contribution >= 0.6 is 0 Å². The Hall–Kier alpha value is -2.02. The third-order valence-electron chi connectivity index (χ3n) is 4.39. The van der Waals surface area contributed by atoms with E-state index in [9.17, 15) is 0 Å². The fourth-order valence-corrected chi connectivity index (χ4v) is 2.92. The summed E-state index contributed by atoms with van der Waals surface area (Å²) in [6.45, 7) is 6.69. The smallest absolute Gasteiger partial charge is 0.0484 e. The van der Waals surface area contributed by atoms with Gasteiger partial charge in [0, 0.05) is 18.4 Å². The fraction of sp³-hybridized carbons (Fsp3) is 0.300. The van der Waals surface area contributed by atoms with Crippen LogP contribution in [-0.4, -0.2) is 7.05 Å². The molecule has 0 bridgehead atoms. The Morgan fingerprint density at radius 2 is 1.67 bits per heavy atom. The minimum Gasteiger partial charge on any atom is -0.344 e. The van der Waals surface area contributed by atoms with Crippen LogP contribution < -0.4 is 4.90 Å². The lowest BCUT2D eigenvalue weighted by Gasteiger charge is -2.23. The van der Waals surface area contributed by atoms with Crippen LogP contribution in [0.15, 0.2) is 36.4 Å². The van der Waals surface area contributed by atoms with Crippen LogP contribution in [0.2, 0.25) is 0 Å². The number of fused-ring (bicyclic) bond motifs is 2. The molecule has 0 unspecified atom stereocenters. The molecule has 0 fully saturated rings. The topological polar surface area (TPSA) is 3.24 Å². The van der Waals surface area contributed by atoms with Crippen molar-refractivity contribution in [2.45, 2.75) is 33.1 Å². The predicted molar refractivity (Wildman–Crippen MR) is 93.3 cm³/mol. The fourth-order valence-electron chi connectivity index (χ4n) is 2.92. The van der Waals surface area contributed by atoms with E-state index in [1.165, 1.54) is 33.6 Å². The quantitative estimate of drug-likeness (QED) is 0.688. The van der Waals surface area contributed by atoms with Crippen LogP contribution in [0.5, 0.6) is 0 Å². The molecule has 0 N–H and O–H groups in total. The molecule has 0 saturated heterocycles. The molecular formula is C20H23N. The monoisotopic (exact) mass is 277 g/mol. The van der Waals surface area contributed by atoms with Crippen molar-refractivity contribution in [1.29, 1.82) is 0 Å². The van der Waals surface area contributed by atoms with Gasteiger partial charge in [0.1, 0.15) is 0 Å². The molecule has 0 aliphatic carbocycles. The van der Waals surface area contributed by atoms with Gasteiger partial charge >= 0.3 is 0 Å². The number of benzene rings is 2. The highest BCUT2D eigenvalue weighted by atomic mass is 15.1. The van der Waals surface area contributed by atoms with E-state index in [1.807, 2.05) is 0 Å². The normalized spacial score (nSPS) is 13.1. The van der Waals surface area contributed by atoms with Crippen LogP contribution in [0, 0.1) is 0 Å². The zero-order valence-electron chi connectivity index (χ0n) is 13.4. The first-order valence-corrected chi connectivity index (χ1v) is 7.79. The Morgan fingerprint density at radius 3 is 2.38 bits per heavy atom. The number of rotatable bonds is 2. The van der Waals surface area contributed by atoms with E-state index < -0.39 is 0 Å². The van der Waals surface area contributed by atoms with Gasteiger partial charge in [0.15, 0.2) is 0 Å². The van der Waals surface area contributed by atoms with Gasteiger partial charge in [-0.25, -0.2) is 0 Å². The molecule has 0 aromatic heterocycles. The van der Waals surface area contributed by atoms with Crippen molar-refractivity contribution in [3.05, 3.63) is 58.7 Å². The molecule has 0 amide bonds. The summed E-state index contributed by atoms with van der Waals surface area (Å²) in [6, 6.07) is 13.6. The maximum absolute atomic E-state index is 2.32. The Bertz CT molecular complexity index is 695. The number of nitrogens with zero attached hydrogens (tertiary/aromatic N) is 1. The first-order valence-electron chi connectivity index (χ1n) is 7.79. The van der Waals surface area contributed by atoms with E-state index in [2.05, 4.69) is 81.3 Å². The first-order chi connectivity index (χ1) is 10.1. The molecule has 1 heterocycles. The summed E-state index contributed by atoms with van der Waals surface area (Å²) in [7, 11) is 2.17. The standard InChI is InChI=1S/C20H23N/c1-5-15-6-7-16-8-9-18-13-17(14(2)3)10-11-19(18)21(4)20(16)12-15/h6-14H,5H2,1-4H3. The van der Waals surface area contributed by atoms with E-state index in [0.717, 1.165) is 6.42 Å². The predicted octanol–water partition coefficient (Wildman–Crippen LogP) is 5.62. The van der Waals surface area contributed by atoms with Crippen LogP contribution in [0.3, 0.4) is 0 Å². The summed E-state index contributed by atoms with van der Waals surface area (Å²) >= 11 is 0. The van der Waals surface area contributed by atoms with Crippen LogP contribution in [0.1, 0.15) is 48.9 Å². The number of anilines is 2. The van der Waals surface area contributed by atoms with Gasteiger partial charge in [-0.05, 0) is 52.8 Å². The third-order valence-corrected chi connectivity index (χ3v) is 4.39. The minimum atomic E-state index is 0.561. The average Bonchev–Trinajstić information content (AvgIpc) is 2.64. The molecular weight excluding hydrogens is 254 g/mol. The summed E-state index contributed by atoms with van der Waals surface area (Å²) in [5.41, 5.74) is 7.95. The molecule has 0 radical (unpaired) electrons. The van der Waals surface area contributed by atoms with E-state index >= 15 is 0 Å². The van der Waals surface area contributed by atoms with E-state index in [4.69, 9.17) is 0 Å². The van der Waals surface area contributed by atoms with Gasteiger partial charge < -0.3 is 4.90 Å². The van der Waals surface area contributed by atoms with Crippen molar-refractivity contribution < 1.29 is 0 Å². The van der Waals surface area contributed by atoms with E-state index in [-0.39, 0.29) is 0 Å². The second kappa shape index (κ2) is 5.40. The maximum Gasteiger partial charge on any atom is 0.0484 e. The minimum absolute atomic E-state index is 0.561. The van der Waals surface area contributed by atoms with Gasteiger partial charge in [-0.3, -0.25) is 0 Å². The molecule has 2 aromatic rings. The van der Waals surface area contributed by atoms with Crippen molar-refractivity contribution in [2.24, 2.45) is 0 Å². The lowest BCUT2D eigenvalue weighted by molar-refractivity contribution is 0.866. The van der Waals surface area contributed by atoms with Gasteiger partial charge in [-0.15, -0.1) is 0 Å². The molecule has 0 spiro atoms. The zero-order chi connectivity index (χ0) is 15.0. The average molecular weight is 277 g/mol. The first kappa shape index (κ1) is 13.9. The zero-order valence-corrected chi connectivity index (χ0v) is 13.4. The molecule has 108 valence electrons. The molecule has 0 atom stereocenters. The maximum atomic E-state index is 2.32. The summed E-state index contributed by atoms with van der Waals surface area (Å²) in [6.07, 6.45) is 5.56. The van der Waals surface area contributed by atoms with Crippen molar-refractivity contribution in [1.82, 2.24) is 0 Å².